The van der Waals surface area contributed by atoms with Gasteiger partial charge in [0.1, 0.15) is 11.9 Å². The molecule has 2 atom stereocenters. The third-order valence-corrected chi connectivity index (χ3v) is 4.84. The molecule has 3 nitrogen and oxygen atoms in total. The summed E-state index contributed by atoms with van der Waals surface area (Å²) >= 11 is 6.07. The first-order valence-electron chi connectivity index (χ1n) is 8.64. The van der Waals surface area contributed by atoms with Crippen molar-refractivity contribution in [1.29, 1.82) is 0 Å². The van der Waals surface area contributed by atoms with Crippen LogP contribution < -0.4 is 4.74 Å². The van der Waals surface area contributed by atoms with Crippen molar-refractivity contribution in [3.8, 4) is 17.6 Å². The van der Waals surface area contributed by atoms with Gasteiger partial charge in [0, 0.05) is 5.02 Å². The van der Waals surface area contributed by atoms with Gasteiger partial charge < -0.3 is 9.47 Å². The van der Waals surface area contributed by atoms with E-state index in [-0.39, 0.29) is 24.4 Å². The van der Waals surface area contributed by atoms with Gasteiger partial charge in [-0.15, -0.1) is 5.92 Å². The second-order valence-corrected chi connectivity index (χ2v) is 6.72. The minimum Gasteiger partial charge on any atom is -0.486 e. The summed E-state index contributed by atoms with van der Waals surface area (Å²) in [5.74, 6) is 6.33. The molecule has 3 rings (SSSR count). The molecule has 0 aromatic heterocycles. The van der Waals surface area contributed by atoms with Gasteiger partial charge in [-0.25, -0.2) is 0 Å². The van der Waals surface area contributed by atoms with Gasteiger partial charge in [-0.1, -0.05) is 35.7 Å². The highest BCUT2D eigenvalue weighted by atomic mass is 35.5. The smallest absolute Gasteiger partial charge is 0.307 e. The van der Waals surface area contributed by atoms with Crippen molar-refractivity contribution >= 4 is 17.6 Å². The van der Waals surface area contributed by atoms with Gasteiger partial charge in [-0.2, -0.15) is 0 Å². The first kappa shape index (κ1) is 18.4. The lowest BCUT2D eigenvalue weighted by atomic mass is 9.96. The molecule has 2 aromatic rings. The van der Waals surface area contributed by atoms with Crippen molar-refractivity contribution in [2.75, 3.05) is 7.11 Å². The number of rotatable bonds is 5. The number of ether oxygens (including phenoxy) is 2. The van der Waals surface area contributed by atoms with Crippen molar-refractivity contribution < 1.29 is 14.3 Å². The van der Waals surface area contributed by atoms with Crippen LogP contribution >= 0.6 is 11.6 Å². The molecule has 26 heavy (non-hydrogen) atoms. The van der Waals surface area contributed by atoms with Crippen LogP contribution in [0.25, 0.3) is 0 Å². The third kappa shape index (κ3) is 4.20. The van der Waals surface area contributed by atoms with Gasteiger partial charge in [0.15, 0.2) is 0 Å². The fraction of sp³-hybridized carbons (Fsp3) is 0.318. The molecule has 0 aliphatic heterocycles. The van der Waals surface area contributed by atoms with Crippen molar-refractivity contribution in [3.05, 3.63) is 64.2 Å². The average Bonchev–Trinajstić information content (AvgIpc) is 3.03. The largest absolute Gasteiger partial charge is 0.486 e. The molecule has 0 saturated heterocycles. The van der Waals surface area contributed by atoms with E-state index in [2.05, 4.69) is 11.8 Å². The van der Waals surface area contributed by atoms with E-state index >= 15 is 0 Å². The monoisotopic (exact) mass is 368 g/mol. The predicted molar refractivity (Wildman–Crippen MR) is 102 cm³/mol. The molecule has 0 radical (unpaired) electrons. The van der Waals surface area contributed by atoms with Crippen LogP contribution in [0.3, 0.4) is 0 Å². The molecule has 0 fully saturated rings. The summed E-state index contributed by atoms with van der Waals surface area (Å²) < 4.78 is 10.9. The second kappa shape index (κ2) is 8.29. The SMILES string of the molecule is CC#C[C@@H](CC(=O)OC)c1ccc(OC2CCc3cc(Cl)ccc32)cc1. The maximum absolute atomic E-state index is 11.6. The molecule has 0 amide bonds. The fourth-order valence-corrected chi connectivity index (χ4v) is 3.48. The Morgan fingerprint density at radius 1 is 1.27 bits per heavy atom. The fourth-order valence-electron chi connectivity index (χ4n) is 3.29. The van der Waals surface area contributed by atoms with Crippen LogP contribution in [0.15, 0.2) is 42.5 Å². The van der Waals surface area contributed by atoms with Gasteiger partial charge in [0.05, 0.1) is 19.4 Å². The Morgan fingerprint density at radius 3 is 2.73 bits per heavy atom. The number of methoxy groups -OCH3 is 1. The lowest BCUT2D eigenvalue weighted by Crippen LogP contribution is -2.08. The van der Waals surface area contributed by atoms with Gasteiger partial charge in [-0.3, -0.25) is 4.79 Å². The van der Waals surface area contributed by atoms with Crippen molar-refractivity contribution in [2.24, 2.45) is 0 Å². The number of carbonyl (C=O) groups is 1. The molecule has 0 bridgehead atoms. The first-order chi connectivity index (χ1) is 12.6. The summed E-state index contributed by atoms with van der Waals surface area (Å²) in [6.45, 7) is 1.77. The number of hydrogen-bond acceptors (Lipinski definition) is 3. The molecule has 1 aliphatic carbocycles. The van der Waals surface area contributed by atoms with Crippen LogP contribution in [0, 0.1) is 11.8 Å². The molecule has 2 aromatic carbocycles. The Bertz CT molecular complexity index is 846. The summed E-state index contributed by atoms with van der Waals surface area (Å²) in [6, 6.07) is 13.8. The molecule has 4 heteroatoms. The van der Waals surface area contributed by atoms with E-state index in [0.29, 0.717) is 0 Å². The van der Waals surface area contributed by atoms with Crippen molar-refractivity contribution in [3.63, 3.8) is 0 Å². The van der Waals surface area contributed by atoms with E-state index in [4.69, 9.17) is 21.1 Å². The van der Waals surface area contributed by atoms with E-state index in [9.17, 15) is 4.79 Å². The van der Waals surface area contributed by atoms with Crippen LogP contribution in [0.1, 0.15) is 48.5 Å². The Balaban J connectivity index is 1.72. The summed E-state index contributed by atoms with van der Waals surface area (Å²) in [5.41, 5.74) is 3.45. The van der Waals surface area contributed by atoms with Crippen LogP contribution in [0.2, 0.25) is 5.02 Å². The lowest BCUT2D eigenvalue weighted by molar-refractivity contribution is -0.140. The molecule has 1 aliphatic rings. The van der Waals surface area contributed by atoms with Crippen molar-refractivity contribution in [2.45, 2.75) is 38.2 Å². The van der Waals surface area contributed by atoms with Gasteiger partial charge in [0.25, 0.3) is 0 Å². The molecule has 0 heterocycles. The minimum atomic E-state index is -0.265. The molecule has 1 unspecified atom stereocenters. The lowest BCUT2D eigenvalue weighted by Gasteiger charge is -2.16. The quantitative estimate of drug-likeness (QED) is 0.545. The van der Waals surface area contributed by atoms with E-state index < -0.39 is 0 Å². The number of halogens is 1. The molecule has 0 spiro atoms. The van der Waals surface area contributed by atoms with Crippen LogP contribution in [0.5, 0.6) is 5.75 Å². The highest BCUT2D eigenvalue weighted by Crippen LogP contribution is 2.36. The van der Waals surface area contributed by atoms with Gasteiger partial charge in [0.2, 0.25) is 0 Å². The number of hydrogen-bond donors (Lipinski definition) is 0. The second-order valence-electron chi connectivity index (χ2n) is 6.28. The summed E-state index contributed by atoms with van der Waals surface area (Å²) in [4.78, 5) is 11.6. The predicted octanol–water partition coefficient (Wildman–Crippen LogP) is 5.08. The van der Waals surface area contributed by atoms with Gasteiger partial charge in [-0.05, 0) is 60.7 Å². The Hall–Kier alpha value is -2.44. The number of carbonyl (C=O) groups excluding carboxylic acids is 1. The van der Waals surface area contributed by atoms with Crippen molar-refractivity contribution in [1.82, 2.24) is 0 Å². The van der Waals surface area contributed by atoms with E-state index in [0.717, 1.165) is 29.2 Å². The normalized spacial score (nSPS) is 16.2. The van der Waals surface area contributed by atoms with E-state index in [1.54, 1.807) is 6.92 Å². The number of esters is 1. The zero-order valence-electron chi connectivity index (χ0n) is 14.9. The third-order valence-electron chi connectivity index (χ3n) is 4.61. The average molecular weight is 369 g/mol. The molecule has 0 saturated carbocycles. The summed E-state index contributed by atoms with van der Waals surface area (Å²) in [6.07, 6.45) is 2.22. The minimum absolute atomic E-state index is 0.0504. The number of fused-ring (bicyclic) bond motifs is 1. The Labute approximate surface area is 159 Å². The molecular weight excluding hydrogens is 348 g/mol. The first-order valence-corrected chi connectivity index (χ1v) is 9.02. The zero-order chi connectivity index (χ0) is 18.5. The molecule has 134 valence electrons. The Morgan fingerprint density at radius 2 is 2.04 bits per heavy atom. The standard InChI is InChI=1S/C22H21ClO3/c1-3-4-16(14-22(24)25-2)15-5-9-19(10-6-15)26-21-12-7-17-13-18(23)8-11-20(17)21/h5-6,8-11,13,16,21H,7,12,14H2,1-2H3/t16-,21?/m0/s1. The Kier molecular flexibility index (Phi) is 5.85. The van der Waals surface area contributed by atoms with Crippen LogP contribution in [0.4, 0.5) is 0 Å². The summed E-state index contributed by atoms with van der Waals surface area (Å²) in [7, 11) is 1.39. The van der Waals surface area contributed by atoms with E-state index in [1.807, 2.05) is 42.5 Å². The highest BCUT2D eigenvalue weighted by Gasteiger charge is 2.24. The van der Waals surface area contributed by atoms with Crippen LogP contribution in [-0.2, 0) is 16.0 Å². The highest BCUT2D eigenvalue weighted by molar-refractivity contribution is 6.30. The zero-order valence-corrected chi connectivity index (χ0v) is 15.7. The topological polar surface area (TPSA) is 35.5 Å². The maximum atomic E-state index is 11.6. The van der Waals surface area contributed by atoms with E-state index in [1.165, 1.54) is 18.2 Å². The number of benzene rings is 2. The number of aryl methyl sites for hydroxylation is 1. The van der Waals surface area contributed by atoms with Crippen LogP contribution in [-0.4, -0.2) is 13.1 Å². The molecule has 0 N–H and O–H groups in total. The maximum Gasteiger partial charge on any atom is 0.307 e. The summed E-state index contributed by atoms with van der Waals surface area (Å²) in [5, 5.41) is 0.766. The van der Waals surface area contributed by atoms with Gasteiger partial charge >= 0.3 is 5.97 Å². The molecular formula is C22H21ClO3.